The van der Waals surface area contributed by atoms with E-state index < -0.39 is 0 Å². The molecule has 1 aromatic heterocycles. The van der Waals surface area contributed by atoms with Gasteiger partial charge in [0.05, 0.1) is 5.69 Å². The molecule has 1 aromatic carbocycles. The molecule has 0 bridgehead atoms. The number of aryl methyl sites for hydroxylation is 3. The van der Waals surface area contributed by atoms with Gasteiger partial charge in [-0.2, -0.15) is 0 Å². The fourth-order valence-corrected chi connectivity index (χ4v) is 3.75. The van der Waals surface area contributed by atoms with Crippen LogP contribution in [0.5, 0.6) is 0 Å². The highest BCUT2D eigenvalue weighted by atomic mass is 35.5. The zero-order chi connectivity index (χ0) is 15.7. The molecule has 1 amide bonds. The summed E-state index contributed by atoms with van der Waals surface area (Å²) in [6.45, 7) is 3.87. The van der Waals surface area contributed by atoms with Crippen molar-refractivity contribution in [2.24, 2.45) is 5.73 Å². The minimum Gasteiger partial charge on any atom is -0.327 e. The number of nitrogens with two attached hydrogens (primary N) is 1. The first-order valence-electron chi connectivity index (χ1n) is 7.68. The van der Waals surface area contributed by atoms with Crippen molar-refractivity contribution in [2.75, 3.05) is 5.32 Å². The molecular weight excluding hydrogens is 330 g/mol. The van der Waals surface area contributed by atoms with E-state index in [2.05, 4.69) is 28.5 Å². The molecule has 1 aliphatic rings. The number of benzene rings is 1. The molecule has 1 heterocycles. The van der Waals surface area contributed by atoms with Crippen molar-refractivity contribution in [3.05, 3.63) is 34.2 Å². The van der Waals surface area contributed by atoms with Crippen LogP contribution in [0, 0.1) is 6.92 Å². The van der Waals surface area contributed by atoms with Crippen LogP contribution in [0.15, 0.2) is 18.2 Å². The molecule has 0 fully saturated rings. The predicted octanol–water partition coefficient (Wildman–Crippen LogP) is 3.70. The van der Waals surface area contributed by atoms with Gasteiger partial charge in [-0.1, -0.05) is 12.1 Å². The fourth-order valence-electron chi connectivity index (χ4n) is 2.90. The van der Waals surface area contributed by atoms with Gasteiger partial charge in [0.15, 0.2) is 5.13 Å². The number of hydrogen-bond acceptors (Lipinski definition) is 4. The number of carbonyl (C=O) groups is 1. The summed E-state index contributed by atoms with van der Waals surface area (Å²) in [5.74, 6) is -0.0794. The Labute approximate surface area is 146 Å². The maximum Gasteiger partial charge on any atom is 0.227 e. The highest BCUT2D eigenvalue weighted by Gasteiger charge is 2.16. The van der Waals surface area contributed by atoms with Crippen LogP contribution in [-0.2, 0) is 17.6 Å². The maximum atomic E-state index is 11.8. The quantitative estimate of drug-likeness (QED) is 0.882. The molecule has 3 rings (SSSR count). The van der Waals surface area contributed by atoms with Gasteiger partial charge in [-0.15, -0.1) is 23.7 Å². The van der Waals surface area contributed by atoms with E-state index in [1.807, 2.05) is 13.8 Å². The van der Waals surface area contributed by atoms with Crippen LogP contribution in [0.4, 0.5) is 5.13 Å². The molecule has 4 nitrogen and oxygen atoms in total. The highest BCUT2D eigenvalue weighted by Crippen LogP contribution is 2.33. The summed E-state index contributed by atoms with van der Waals surface area (Å²) in [4.78, 5) is 17.5. The van der Waals surface area contributed by atoms with Crippen molar-refractivity contribution >= 4 is 34.8 Å². The number of carbonyl (C=O) groups excluding carboxylic acids is 1. The number of hydrogen-bond donors (Lipinski definition) is 2. The standard InChI is InChI=1S/C17H21N3OS.ClH/c1-10(18)8-15(21)19-17-20-16(11(2)22-17)14-7-6-12-4-3-5-13(12)9-14;/h6-7,9-10H,3-5,8,18H2,1-2H3,(H,19,20,21);1H. The number of halogens is 1. The number of rotatable bonds is 4. The lowest BCUT2D eigenvalue weighted by molar-refractivity contribution is -0.116. The van der Waals surface area contributed by atoms with Crippen molar-refractivity contribution in [3.8, 4) is 11.3 Å². The van der Waals surface area contributed by atoms with Gasteiger partial charge in [0, 0.05) is 22.9 Å². The minimum absolute atomic E-state index is 0. The third-order valence-electron chi connectivity index (χ3n) is 3.92. The largest absolute Gasteiger partial charge is 0.327 e. The van der Waals surface area contributed by atoms with Crippen molar-refractivity contribution in [3.63, 3.8) is 0 Å². The van der Waals surface area contributed by atoms with Gasteiger partial charge in [0.1, 0.15) is 0 Å². The molecule has 23 heavy (non-hydrogen) atoms. The van der Waals surface area contributed by atoms with Crippen molar-refractivity contribution in [2.45, 2.75) is 45.6 Å². The molecule has 1 aliphatic carbocycles. The van der Waals surface area contributed by atoms with E-state index >= 15 is 0 Å². The van der Waals surface area contributed by atoms with Crippen molar-refractivity contribution < 1.29 is 4.79 Å². The number of nitrogens with one attached hydrogen (secondary N) is 1. The molecule has 2 aromatic rings. The van der Waals surface area contributed by atoms with Crippen LogP contribution in [-0.4, -0.2) is 16.9 Å². The topological polar surface area (TPSA) is 68.0 Å². The van der Waals surface area contributed by atoms with E-state index in [0.29, 0.717) is 11.6 Å². The Hall–Kier alpha value is -1.43. The first-order valence-corrected chi connectivity index (χ1v) is 8.49. The summed E-state index contributed by atoms with van der Waals surface area (Å²) < 4.78 is 0. The molecule has 1 unspecified atom stereocenters. The SMILES string of the molecule is Cc1sc(NC(=O)CC(C)N)nc1-c1ccc2c(c1)CCC2.Cl. The third kappa shape index (κ3) is 4.10. The van der Waals surface area contributed by atoms with Gasteiger partial charge < -0.3 is 11.1 Å². The Morgan fingerprint density at radius 2 is 2.13 bits per heavy atom. The smallest absolute Gasteiger partial charge is 0.227 e. The normalized spacial score (nSPS) is 14.0. The summed E-state index contributed by atoms with van der Waals surface area (Å²) in [7, 11) is 0. The molecule has 0 aliphatic heterocycles. The third-order valence-corrected chi connectivity index (χ3v) is 4.81. The van der Waals surface area contributed by atoms with Crippen LogP contribution in [0.25, 0.3) is 11.3 Å². The first-order chi connectivity index (χ1) is 10.5. The highest BCUT2D eigenvalue weighted by molar-refractivity contribution is 7.16. The van der Waals surface area contributed by atoms with E-state index in [-0.39, 0.29) is 24.4 Å². The molecule has 0 saturated heterocycles. The number of aromatic nitrogens is 1. The van der Waals surface area contributed by atoms with Gasteiger partial charge in [0.2, 0.25) is 5.91 Å². The zero-order valence-corrected chi connectivity index (χ0v) is 15.0. The fraction of sp³-hybridized carbons (Fsp3) is 0.412. The predicted molar refractivity (Wildman–Crippen MR) is 98.5 cm³/mol. The molecule has 0 spiro atoms. The lowest BCUT2D eigenvalue weighted by atomic mass is 10.0. The number of thiazole rings is 1. The van der Waals surface area contributed by atoms with Crippen LogP contribution in [0.1, 0.15) is 35.8 Å². The number of nitrogens with zero attached hydrogens (tertiary/aromatic N) is 1. The average Bonchev–Trinajstić information content (AvgIpc) is 3.03. The van der Waals surface area contributed by atoms with E-state index in [1.54, 1.807) is 0 Å². The van der Waals surface area contributed by atoms with Gasteiger partial charge >= 0.3 is 0 Å². The minimum atomic E-state index is -0.141. The lowest BCUT2D eigenvalue weighted by Gasteiger charge is -2.04. The van der Waals surface area contributed by atoms with Gasteiger partial charge in [-0.05, 0) is 50.3 Å². The number of fused-ring (bicyclic) bond motifs is 1. The van der Waals surface area contributed by atoms with Gasteiger partial charge in [-0.3, -0.25) is 4.79 Å². The number of amides is 1. The second-order valence-electron chi connectivity index (χ2n) is 5.99. The first kappa shape index (κ1) is 17.9. The Kier molecular flexibility index (Phi) is 5.79. The Bertz CT molecular complexity index is 712. The van der Waals surface area contributed by atoms with Gasteiger partial charge in [0.25, 0.3) is 0 Å². The summed E-state index contributed by atoms with van der Waals surface area (Å²) in [5, 5.41) is 3.50. The second-order valence-corrected chi connectivity index (χ2v) is 7.19. The molecule has 0 saturated carbocycles. The molecule has 6 heteroatoms. The summed E-state index contributed by atoms with van der Waals surface area (Å²) >= 11 is 1.51. The average molecular weight is 352 g/mol. The van der Waals surface area contributed by atoms with Crippen molar-refractivity contribution in [1.82, 2.24) is 4.98 Å². The monoisotopic (exact) mass is 351 g/mol. The summed E-state index contributed by atoms with van der Waals surface area (Å²) in [6.07, 6.45) is 3.90. The zero-order valence-electron chi connectivity index (χ0n) is 13.4. The molecule has 124 valence electrons. The molecule has 3 N–H and O–H groups in total. The summed E-state index contributed by atoms with van der Waals surface area (Å²) in [5.41, 5.74) is 10.7. The van der Waals surface area contributed by atoms with E-state index in [4.69, 9.17) is 5.73 Å². The summed E-state index contributed by atoms with van der Waals surface area (Å²) in [6, 6.07) is 6.46. The Morgan fingerprint density at radius 1 is 1.39 bits per heavy atom. The van der Waals surface area contributed by atoms with E-state index in [9.17, 15) is 4.79 Å². The Balaban J connectivity index is 0.00000192. The maximum absolute atomic E-state index is 11.8. The van der Waals surface area contributed by atoms with Crippen LogP contribution in [0.2, 0.25) is 0 Å². The second kappa shape index (κ2) is 7.43. The lowest BCUT2D eigenvalue weighted by Crippen LogP contribution is -2.23. The van der Waals surface area contributed by atoms with Crippen molar-refractivity contribution in [1.29, 1.82) is 0 Å². The van der Waals surface area contributed by atoms with Crippen LogP contribution in [0.3, 0.4) is 0 Å². The van der Waals surface area contributed by atoms with E-state index in [0.717, 1.165) is 22.6 Å². The van der Waals surface area contributed by atoms with Gasteiger partial charge in [-0.25, -0.2) is 4.98 Å². The molecule has 0 radical (unpaired) electrons. The molecular formula is C17H22ClN3OS. The molecule has 1 atom stereocenters. The number of anilines is 1. The van der Waals surface area contributed by atoms with Crippen LogP contribution < -0.4 is 11.1 Å². The Morgan fingerprint density at radius 3 is 2.87 bits per heavy atom. The van der Waals surface area contributed by atoms with Crippen LogP contribution >= 0.6 is 23.7 Å². The van der Waals surface area contributed by atoms with E-state index in [1.165, 1.54) is 35.3 Å².